The van der Waals surface area contributed by atoms with Crippen LogP contribution >= 0.6 is 15.9 Å². The summed E-state index contributed by atoms with van der Waals surface area (Å²) < 4.78 is 3.24. The number of fused-ring (bicyclic) bond motifs is 4. The van der Waals surface area contributed by atoms with Gasteiger partial charge in [0.1, 0.15) is 5.65 Å². The maximum atomic E-state index is 6.01. The molecule has 0 spiro atoms. The van der Waals surface area contributed by atoms with Gasteiger partial charge in [-0.3, -0.25) is 0 Å². The van der Waals surface area contributed by atoms with Crippen molar-refractivity contribution < 1.29 is 0 Å². The van der Waals surface area contributed by atoms with E-state index in [0.717, 1.165) is 16.7 Å². The average Bonchev–Trinajstić information content (AvgIpc) is 2.93. The fraction of sp³-hybridized carbons (Fsp3) is 0.562. The van der Waals surface area contributed by atoms with Crippen LogP contribution in [0.15, 0.2) is 29.0 Å². The molecule has 2 bridgehead atoms. The van der Waals surface area contributed by atoms with Crippen LogP contribution in [-0.2, 0) is 5.41 Å². The van der Waals surface area contributed by atoms with E-state index in [9.17, 15) is 0 Å². The molecule has 2 aromatic heterocycles. The predicted octanol–water partition coefficient (Wildman–Crippen LogP) is 3.65. The molecule has 0 aromatic carbocycles. The van der Waals surface area contributed by atoms with Crippen LogP contribution in [-0.4, -0.2) is 15.9 Å². The third-order valence-corrected chi connectivity index (χ3v) is 6.29. The standard InChI is InChI=1S/C16H20BrN3/c17-12-1-8-20-10-13(19-14(20)9-12)16-5-2-15(11-18,3-6-16)4-7-16/h1,8-10H,2-7,11,18H2/t15-,16+. The summed E-state index contributed by atoms with van der Waals surface area (Å²) in [6.45, 7) is 0.862. The number of nitrogens with two attached hydrogens (primary N) is 1. The van der Waals surface area contributed by atoms with Gasteiger partial charge in [-0.05, 0) is 62.6 Å². The highest BCUT2D eigenvalue weighted by Crippen LogP contribution is 2.57. The number of nitrogens with zero attached hydrogens (tertiary/aromatic N) is 2. The van der Waals surface area contributed by atoms with Crippen molar-refractivity contribution >= 4 is 21.6 Å². The molecule has 4 heteroatoms. The summed E-state index contributed by atoms with van der Waals surface area (Å²) in [6, 6.07) is 4.16. The van der Waals surface area contributed by atoms with Gasteiger partial charge >= 0.3 is 0 Å². The quantitative estimate of drug-likeness (QED) is 0.911. The highest BCUT2D eigenvalue weighted by Gasteiger charge is 2.49. The Hall–Kier alpha value is -0.870. The molecule has 2 aromatic rings. The Morgan fingerprint density at radius 3 is 2.55 bits per heavy atom. The van der Waals surface area contributed by atoms with Crippen LogP contribution < -0.4 is 5.73 Å². The molecule has 0 aliphatic heterocycles. The van der Waals surface area contributed by atoms with Crippen molar-refractivity contribution in [3.63, 3.8) is 0 Å². The van der Waals surface area contributed by atoms with Gasteiger partial charge in [0.15, 0.2) is 0 Å². The first-order chi connectivity index (χ1) is 9.65. The van der Waals surface area contributed by atoms with Gasteiger partial charge in [-0.25, -0.2) is 4.98 Å². The largest absolute Gasteiger partial charge is 0.330 e. The van der Waals surface area contributed by atoms with Gasteiger partial charge in [-0.2, -0.15) is 0 Å². The molecule has 20 heavy (non-hydrogen) atoms. The monoisotopic (exact) mass is 333 g/mol. The first-order valence-corrected chi connectivity index (χ1v) is 8.29. The third-order valence-electron chi connectivity index (χ3n) is 5.80. The van der Waals surface area contributed by atoms with Gasteiger partial charge in [0.25, 0.3) is 0 Å². The van der Waals surface area contributed by atoms with Gasteiger partial charge < -0.3 is 10.1 Å². The van der Waals surface area contributed by atoms with Gasteiger partial charge in [0.2, 0.25) is 0 Å². The van der Waals surface area contributed by atoms with E-state index >= 15 is 0 Å². The predicted molar refractivity (Wildman–Crippen MR) is 83.8 cm³/mol. The molecule has 0 amide bonds. The Bertz CT molecular complexity index is 636. The number of imidazole rings is 1. The second-order valence-electron chi connectivity index (χ2n) is 6.72. The SMILES string of the molecule is NC[C@]12CC[C@](c3cn4ccc(Br)cc4n3)(CC1)CC2. The molecular formula is C16H20BrN3. The molecule has 3 saturated carbocycles. The second kappa shape index (κ2) is 4.31. The van der Waals surface area contributed by atoms with Crippen molar-refractivity contribution in [1.29, 1.82) is 0 Å². The smallest absolute Gasteiger partial charge is 0.138 e. The van der Waals surface area contributed by atoms with E-state index in [0.29, 0.717) is 10.8 Å². The normalized spacial score (nSPS) is 32.9. The van der Waals surface area contributed by atoms with Crippen molar-refractivity contribution in [2.24, 2.45) is 11.1 Å². The molecule has 3 nitrogen and oxygen atoms in total. The lowest BCUT2D eigenvalue weighted by Crippen LogP contribution is -2.47. The fourth-order valence-corrected chi connectivity index (χ4v) is 4.49. The number of hydrogen-bond acceptors (Lipinski definition) is 2. The fourth-order valence-electron chi connectivity index (χ4n) is 4.17. The van der Waals surface area contributed by atoms with Crippen LogP contribution in [0.3, 0.4) is 0 Å². The topological polar surface area (TPSA) is 43.3 Å². The molecule has 3 aliphatic carbocycles. The van der Waals surface area contributed by atoms with E-state index in [1.807, 2.05) is 0 Å². The van der Waals surface area contributed by atoms with E-state index in [-0.39, 0.29) is 0 Å². The molecule has 3 aliphatic rings. The van der Waals surface area contributed by atoms with Crippen LogP contribution in [0.1, 0.15) is 44.2 Å². The van der Waals surface area contributed by atoms with E-state index in [4.69, 9.17) is 10.7 Å². The summed E-state index contributed by atoms with van der Waals surface area (Å²) in [7, 11) is 0. The number of hydrogen-bond donors (Lipinski definition) is 1. The molecule has 0 radical (unpaired) electrons. The summed E-state index contributed by atoms with van der Waals surface area (Å²) in [5, 5.41) is 0. The van der Waals surface area contributed by atoms with Crippen LogP contribution in [0.2, 0.25) is 0 Å². The molecule has 5 rings (SSSR count). The van der Waals surface area contributed by atoms with E-state index < -0.39 is 0 Å². The lowest BCUT2D eigenvalue weighted by atomic mass is 9.53. The number of rotatable bonds is 2. The summed E-state index contributed by atoms with van der Waals surface area (Å²) in [5.74, 6) is 0. The van der Waals surface area contributed by atoms with E-state index in [1.54, 1.807) is 0 Å². The Balaban J connectivity index is 1.73. The maximum absolute atomic E-state index is 6.01. The lowest BCUT2D eigenvalue weighted by Gasteiger charge is -2.52. The highest BCUT2D eigenvalue weighted by atomic mass is 79.9. The summed E-state index contributed by atoms with van der Waals surface area (Å²) in [4.78, 5) is 4.92. The minimum atomic E-state index is 0.315. The van der Waals surface area contributed by atoms with Gasteiger partial charge in [-0.15, -0.1) is 0 Å². The van der Waals surface area contributed by atoms with Crippen molar-refractivity contribution in [1.82, 2.24) is 9.38 Å². The number of aromatic nitrogens is 2. The van der Waals surface area contributed by atoms with Crippen molar-refractivity contribution in [3.05, 3.63) is 34.7 Å². The van der Waals surface area contributed by atoms with Crippen LogP contribution in [0.25, 0.3) is 5.65 Å². The number of pyridine rings is 1. The Kier molecular flexibility index (Phi) is 2.77. The Labute approximate surface area is 127 Å². The summed E-state index contributed by atoms with van der Waals surface area (Å²) in [5.41, 5.74) is 9.11. The van der Waals surface area contributed by atoms with Crippen molar-refractivity contribution in [3.8, 4) is 0 Å². The van der Waals surface area contributed by atoms with Gasteiger partial charge in [-0.1, -0.05) is 15.9 Å². The zero-order valence-electron chi connectivity index (χ0n) is 11.6. The van der Waals surface area contributed by atoms with Crippen LogP contribution in [0.4, 0.5) is 0 Å². The molecule has 106 valence electrons. The number of halogens is 1. The Morgan fingerprint density at radius 2 is 1.90 bits per heavy atom. The van der Waals surface area contributed by atoms with Crippen LogP contribution in [0, 0.1) is 5.41 Å². The lowest BCUT2D eigenvalue weighted by molar-refractivity contribution is 0.0452. The molecule has 0 unspecified atom stereocenters. The zero-order chi connectivity index (χ0) is 13.8. The molecule has 0 atom stereocenters. The zero-order valence-corrected chi connectivity index (χ0v) is 13.2. The highest BCUT2D eigenvalue weighted by molar-refractivity contribution is 9.10. The first kappa shape index (κ1) is 12.8. The second-order valence-corrected chi connectivity index (χ2v) is 7.64. The van der Waals surface area contributed by atoms with Crippen molar-refractivity contribution in [2.75, 3.05) is 6.54 Å². The molecule has 2 heterocycles. The van der Waals surface area contributed by atoms with E-state index in [1.165, 1.54) is 44.2 Å². The minimum absolute atomic E-state index is 0.315. The minimum Gasteiger partial charge on any atom is -0.330 e. The van der Waals surface area contributed by atoms with Gasteiger partial charge in [0.05, 0.1) is 5.69 Å². The van der Waals surface area contributed by atoms with E-state index in [2.05, 4.69) is 44.9 Å². The summed E-state index contributed by atoms with van der Waals surface area (Å²) >= 11 is 3.53. The van der Waals surface area contributed by atoms with Gasteiger partial charge in [0, 0.05) is 22.3 Å². The molecule has 2 N–H and O–H groups in total. The average molecular weight is 334 g/mol. The summed E-state index contributed by atoms with van der Waals surface area (Å²) in [6.07, 6.45) is 11.9. The third kappa shape index (κ3) is 1.77. The molecule has 3 fully saturated rings. The molecule has 0 saturated heterocycles. The maximum Gasteiger partial charge on any atom is 0.138 e. The first-order valence-electron chi connectivity index (χ1n) is 7.50. The van der Waals surface area contributed by atoms with Crippen molar-refractivity contribution in [2.45, 2.75) is 43.9 Å². The van der Waals surface area contributed by atoms with Crippen LogP contribution in [0.5, 0.6) is 0 Å². The Morgan fingerprint density at radius 1 is 1.20 bits per heavy atom. The molecular weight excluding hydrogens is 314 g/mol.